The van der Waals surface area contributed by atoms with Gasteiger partial charge in [0.15, 0.2) is 0 Å². The van der Waals surface area contributed by atoms with Crippen molar-refractivity contribution in [2.75, 3.05) is 10.0 Å². The van der Waals surface area contributed by atoms with Crippen LogP contribution in [-0.2, 0) is 10.0 Å². The van der Waals surface area contributed by atoms with Gasteiger partial charge in [-0.3, -0.25) is 9.52 Å². The SMILES string of the molecule is O=C(Nc1cc(F)cc(F)c1)c1ccc(NS(=O)(=O)c2ccc3[nH]c(=O)[nH]c3c2)cc1. The number of nitrogens with one attached hydrogen (secondary N) is 4. The van der Waals surface area contributed by atoms with E-state index in [1.54, 1.807) is 0 Å². The lowest BCUT2D eigenvalue weighted by atomic mass is 10.2. The summed E-state index contributed by atoms with van der Waals surface area (Å²) >= 11 is 0. The summed E-state index contributed by atoms with van der Waals surface area (Å²) in [5.74, 6) is -2.29. The highest BCUT2D eigenvalue weighted by molar-refractivity contribution is 7.92. The number of anilines is 2. The van der Waals surface area contributed by atoms with Gasteiger partial charge in [-0.15, -0.1) is 0 Å². The number of halogens is 2. The first-order chi connectivity index (χ1) is 14.7. The van der Waals surface area contributed by atoms with E-state index in [-0.39, 0.29) is 21.8 Å². The van der Waals surface area contributed by atoms with Gasteiger partial charge in [0.25, 0.3) is 15.9 Å². The molecule has 158 valence electrons. The number of aromatic amines is 2. The topological polar surface area (TPSA) is 124 Å². The predicted molar refractivity (Wildman–Crippen MR) is 110 cm³/mol. The summed E-state index contributed by atoms with van der Waals surface area (Å²) in [6.07, 6.45) is 0. The number of carbonyl (C=O) groups is 1. The number of hydrogen-bond acceptors (Lipinski definition) is 4. The molecule has 0 fully saturated rings. The number of sulfonamides is 1. The van der Waals surface area contributed by atoms with Gasteiger partial charge in [0, 0.05) is 23.0 Å². The molecule has 0 aliphatic heterocycles. The molecule has 0 aliphatic rings. The Balaban J connectivity index is 1.50. The standard InChI is InChI=1S/C20H14F2N4O4S/c21-12-7-13(22)9-15(8-12)23-19(27)11-1-3-14(4-2-11)26-31(29,30)16-5-6-17-18(10-16)25-20(28)24-17/h1-10,26H,(H,23,27)(H2,24,25,28). The minimum atomic E-state index is -3.96. The lowest BCUT2D eigenvalue weighted by Crippen LogP contribution is -2.14. The fourth-order valence-corrected chi connectivity index (χ4v) is 4.00. The molecule has 0 bridgehead atoms. The Bertz CT molecular complexity index is 1440. The van der Waals surface area contributed by atoms with Crippen LogP contribution in [0.5, 0.6) is 0 Å². The first-order valence-electron chi connectivity index (χ1n) is 8.82. The molecule has 0 spiro atoms. The van der Waals surface area contributed by atoms with Crippen LogP contribution in [-0.4, -0.2) is 24.3 Å². The van der Waals surface area contributed by atoms with Crippen LogP contribution in [0.4, 0.5) is 20.2 Å². The van der Waals surface area contributed by atoms with E-state index in [4.69, 9.17) is 0 Å². The van der Waals surface area contributed by atoms with Gasteiger partial charge in [0.2, 0.25) is 0 Å². The maximum atomic E-state index is 13.2. The molecule has 31 heavy (non-hydrogen) atoms. The largest absolute Gasteiger partial charge is 0.323 e. The lowest BCUT2D eigenvalue weighted by Gasteiger charge is -2.10. The summed E-state index contributed by atoms with van der Waals surface area (Å²) in [5.41, 5.74) is 0.652. The molecule has 4 aromatic rings. The van der Waals surface area contributed by atoms with E-state index >= 15 is 0 Å². The molecule has 1 heterocycles. The smallest absolute Gasteiger partial charge is 0.322 e. The molecule has 0 aliphatic carbocycles. The number of aromatic nitrogens is 2. The third kappa shape index (κ3) is 4.46. The Kier molecular flexibility index (Phi) is 5.03. The van der Waals surface area contributed by atoms with Crippen molar-refractivity contribution >= 4 is 38.3 Å². The summed E-state index contributed by atoms with van der Waals surface area (Å²) < 4.78 is 54.1. The van der Waals surface area contributed by atoms with Crippen LogP contribution in [0.2, 0.25) is 0 Å². The molecule has 11 heteroatoms. The molecule has 3 aromatic carbocycles. The lowest BCUT2D eigenvalue weighted by molar-refractivity contribution is 0.102. The van der Waals surface area contributed by atoms with Crippen LogP contribution in [0.25, 0.3) is 11.0 Å². The Labute approximate surface area is 174 Å². The quantitative estimate of drug-likeness (QED) is 0.377. The summed E-state index contributed by atoms with van der Waals surface area (Å²) in [7, 11) is -3.96. The average Bonchev–Trinajstić information content (AvgIpc) is 3.06. The number of carbonyl (C=O) groups excluding carboxylic acids is 1. The zero-order valence-corrected chi connectivity index (χ0v) is 16.4. The zero-order valence-electron chi connectivity index (χ0n) is 15.6. The summed E-state index contributed by atoms with van der Waals surface area (Å²) in [5, 5.41) is 2.36. The van der Waals surface area contributed by atoms with Crippen molar-refractivity contribution in [1.82, 2.24) is 9.97 Å². The van der Waals surface area contributed by atoms with Crippen LogP contribution in [0.1, 0.15) is 10.4 Å². The van der Waals surface area contributed by atoms with Gasteiger partial charge in [0.05, 0.1) is 15.9 Å². The van der Waals surface area contributed by atoms with Gasteiger partial charge in [-0.1, -0.05) is 0 Å². The van der Waals surface area contributed by atoms with E-state index in [0.29, 0.717) is 17.1 Å². The molecule has 1 amide bonds. The van der Waals surface area contributed by atoms with Gasteiger partial charge >= 0.3 is 5.69 Å². The van der Waals surface area contributed by atoms with Crippen LogP contribution in [0.3, 0.4) is 0 Å². The van der Waals surface area contributed by atoms with E-state index < -0.39 is 33.3 Å². The summed E-state index contributed by atoms with van der Waals surface area (Å²) in [4.78, 5) is 28.5. The second kappa shape index (κ2) is 7.69. The fraction of sp³-hybridized carbons (Fsp3) is 0. The van der Waals surface area contributed by atoms with Gasteiger partial charge in [-0.05, 0) is 54.6 Å². The van der Waals surface area contributed by atoms with Crippen LogP contribution in [0, 0.1) is 11.6 Å². The van der Waals surface area contributed by atoms with Crippen molar-refractivity contribution in [3.05, 3.63) is 88.3 Å². The number of benzene rings is 3. The first-order valence-corrected chi connectivity index (χ1v) is 10.3. The highest BCUT2D eigenvalue weighted by atomic mass is 32.2. The Morgan fingerprint density at radius 1 is 0.806 bits per heavy atom. The van der Waals surface area contributed by atoms with Gasteiger partial charge in [0.1, 0.15) is 11.6 Å². The number of hydrogen-bond donors (Lipinski definition) is 4. The molecule has 0 saturated carbocycles. The zero-order chi connectivity index (χ0) is 22.2. The Hall–Kier alpha value is -3.99. The molecule has 0 unspecified atom stereocenters. The predicted octanol–water partition coefficient (Wildman–Crippen LogP) is 3.19. The van der Waals surface area contributed by atoms with Gasteiger partial charge in [-0.2, -0.15) is 0 Å². The molecular formula is C20H14F2N4O4S. The molecule has 1 aromatic heterocycles. The number of rotatable bonds is 5. The van der Waals surface area contributed by atoms with Crippen molar-refractivity contribution in [1.29, 1.82) is 0 Å². The normalized spacial score (nSPS) is 11.4. The third-order valence-corrected chi connectivity index (χ3v) is 5.70. The molecule has 8 nitrogen and oxygen atoms in total. The molecular weight excluding hydrogens is 430 g/mol. The molecule has 0 atom stereocenters. The minimum absolute atomic E-state index is 0.0505. The highest BCUT2D eigenvalue weighted by Crippen LogP contribution is 2.20. The maximum absolute atomic E-state index is 13.2. The molecule has 4 rings (SSSR count). The minimum Gasteiger partial charge on any atom is -0.322 e. The average molecular weight is 444 g/mol. The number of amides is 1. The van der Waals surface area contributed by atoms with Gasteiger partial charge in [-0.25, -0.2) is 22.0 Å². The fourth-order valence-electron chi connectivity index (χ4n) is 2.91. The molecule has 0 radical (unpaired) electrons. The van der Waals surface area contributed by atoms with E-state index in [1.807, 2.05) is 0 Å². The van der Waals surface area contributed by atoms with Crippen molar-refractivity contribution in [2.24, 2.45) is 0 Å². The van der Waals surface area contributed by atoms with Crippen molar-refractivity contribution in [2.45, 2.75) is 4.90 Å². The highest BCUT2D eigenvalue weighted by Gasteiger charge is 2.16. The van der Waals surface area contributed by atoms with Crippen molar-refractivity contribution in [3.8, 4) is 0 Å². The van der Waals surface area contributed by atoms with Crippen LogP contribution in [0.15, 0.2) is 70.4 Å². The molecule has 0 saturated heterocycles. The summed E-state index contributed by atoms with van der Waals surface area (Å²) in [6.45, 7) is 0. The van der Waals surface area contributed by atoms with Gasteiger partial charge < -0.3 is 15.3 Å². The van der Waals surface area contributed by atoms with Crippen LogP contribution >= 0.6 is 0 Å². The second-order valence-electron chi connectivity index (χ2n) is 6.58. The van der Waals surface area contributed by atoms with E-state index in [0.717, 1.165) is 12.1 Å². The third-order valence-electron chi connectivity index (χ3n) is 4.32. The van der Waals surface area contributed by atoms with E-state index in [1.165, 1.54) is 42.5 Å². The Morgan fingerprint density at radius 3 is 2.13 bits per heavy atom. The van der Waals surface area contributed by atoms with Crippen LogP contribution < -0.4 is 15.7 Å². The monoisotopic (exact) mass is 444 g/mol. The maximum Gasteiger partial charge on any atom is 0.323 e. The Morgan fingerprint density at radius 2 is 1.45 bits per heavy atom. The molecule has 4 N–H and O–H groups in total. The van der Waals surface area contributed by atoms with Crippen molar-refractivity contribution < 1.29 is 22.0 Å². The van der Waals surface area contributed by atoms with E-state index in [2.05, 4.69) is 20.0 Å². The first kappa shape index (κ1) is 20.3. The number of imidazole rings is 1. The summed E-state index contributed by atoms with van der Waals surface area (Å²) in [6, 6.07) is 12.2. The van der Waals surface area contributed by atoms with Crippen molar-refractivity contribution in [3.63, 3.8) is 0 Å². The second-order valence-corrected chi connectivity index (χ2v) is 8.26. The van der Waals surface area contributed by atoms with E-state index in [9.17, 15) is 26.8 Å². The number of fused-ring (bicyclic) bond motifs is 1. The number of H-pyrrole nitrogens is 2.